The molecule has 7 nitrogen and oxygen atoms in total. The molecular formula is C19H25N5O2. The van der Waals surface area contributed by atoms with Gasteiger partial charge in [0, 0.05) is 57.2 Å². The molecule has 0 saturated carbocycles. The maximum atomic E-state index is 13.0. The van der Waals surface area contributed by atoms with Gasteiger partial charge in [0.1, 0.15) is 11.5 Å². The van der Waals surface area contributed by atoms with Gasteiger partial charge in [0.05, 0.1) is 19.4 Å². The second-order valence-corrected chi connectivity index (χ2v) is 7.37. The minimum absolute atomic E-state index is 0.0624. The highest BCUT2D eigenvalue weighted by atomic mass is 16.5. The van der Waals surface area contributed by atoms with E-state index in [9.17, 15) is 4.79 Å². The molecule has 0 radical (unpaired) electrons. The monoisotopic (exact) mass is 355 g/mol. The van der Waals surface area contributed by atoms with Crippen LogP contribution in [0.15, 0.2) is 36.9 Å². The fourth-order valence-electron chi connectivity index (χ4n) is 4.12. The number of ether oxygens (including phenoxy) is 1. The number of carbonyl (C=O) groups is 1. The maximum absolute atomic E-state index is 13.0. The maximum Gasteiger partial charge on any atom is 0.270 e. The molecule has 2 aliphatic heterocycles. The van der Waals surface area contributed by atoms with Crippen molar-refractivity contribution >= 4 is 11.7 Å². The zero-order valence-corrected chi connectivity index (χ0v) is 15.2. The fourth-order valence-corrected chi connectivity index (χ4v) is 4.12. The summed E-state index contributed by atoms with van der Waals surface area (Å²) in [5.41, 5.74) is 0.676. The molecule has 138 valence electrons. The van der Waals surface area contributed by atoms with Crippen LogP contribution in [0.25, 0.3) is 0 Å². The first-order valence-electron chi connectivity index (χ1n) is 9.16. The molecule has 1 atom stereocenters. The normalized spacial score (nSPS) is 23.9. The first-order valence-corrected chi connectivity index (χ1v) is 9.16. The number of aromatic nitrogens is 3. The van der Waals surface area contributed by atoms with Crippen LogP contribution in [0.5, 0.6) is 0 Å². The smallest absolute Gasteiger partial charge is 0.270 e. The van der Waals surface area contributed by atoms with E-state index in [1.54, 1.807) is 18.6 Å². The van der Waals surface area contributed by atoms with Crippen molar-refractivity contribution in [3.05, 3.63) is 42.6 Å². The number of anilines is 1. The van der Waals surface area contributed by atoms with Crippen molar-refractivity contribution < 1.29 is 9.53 Å². The Morgan fingerprint density at radius 1 is 1.27 bits per heavy atom. The summed E-state index contributed by atoms with van der Waals surface area (Å²) in [6.45, 7) is 4.50. The zero-order valence-electron chi connectivity index (χ0n) is 15.2. The lowest BCUT2D eigenvalue weighted by molar-refractivity contribution is 0.0131. The summed E-state index contributed by atoms with van der Waals surface area (Å²) in [6, 6.07) is 3.80. The first kappa shape index (κ1) is 17.0. The van der Waals surface area contributed by atoms with E-state index in [2.05, 4.69) is 14.9 Å². The highest BCUT2D eigenvalue weighted by molar-refractivity contribution is 5.92. The van der Waals surface area contributed by atoms with Crippen LogP contribution in [-0.2, 0) is 11.8 Å². The topological polar surface area (TPSA) is 63.5 Å². The zero-order chi connectivity index (χ0) is 18.0. The molecule has 2 saturated heterocycles. The Hall–Kier alpha value is -2.41. The van der Waals surface area contributed by atoms with E-state index in [-0.39, 0.29) is 11.3 Å². The van der Waals surface area contributed by atoms with Crippen LogP contribution in [0.2, 0.25) is 0 Å². The fraction of sp³-hybridized carbons (Fsp3) is 0.526. The van der Waals surface area contributed by atoms with Crippen LogP contribution >= 0.6 is 0 Å². The Morgan fingerprint density at radius 2 is 2.19 bits per heavy atom. The molecule has 0 aliphatic carbocycles. The Bertz CT molecular complexity index is 762. The lowest BCUT2D eigenvalue weighted by Gasteiger charge is -2.43. The van der Waals surface area contributed by atoms with Crippen molar-refractivity contribution in [2.75, 3.05) is 44.3 Å². The van der Waals surface area contributed by atoms with Gasteiger partial charge in [-0.1, -0.05) is 0 Å². The van der Waals surface area contributed by atoms with Crippen LogP contribution in [0, 0.1) is 5.41 Å². The van der Waals surface area contributed by atoms with Crippen molar-refractivity contribution in [2.45, 2.75) is 12.8 Å². The molecule has 0 bridgehead atoms. The van der Waals surface area contributed by atoms with Gasteiger partial charge < -0.3 is 19.1 Å². The first-order chi connectivity index (χ1) is 12.7. The molecule has 2 fully saturated rings. The van der Waals surface area contributed by atoms with Gasteiger partial charge in [0.15, 0.2) is 0 Å². The third-order valence-electron chi connectivity index (χ3n) is 5.43. The highest BCUT2D eigenvalue weighted by Gasteiger charge is 2.41. The van der Waals surface area contributed by atoms with Crippen LogP contribution in [-0.4, -0.2) is 64.7 Å². The number of rotatable bonds is 2. The molecule has 2 aromatic heterocycles. The summed E-state index contributed by atoms with van der Waals surface area (Å²) in [7, 11) is 1.91. The Morgan fingerprint density at radius 3 is 2.96 bits per heavy atom. The number of likely N-dealkylation sites (tertiary alicyclic amines) is 1. The number of carbonyl (C=O) groups excluding carboxylic acids is 1. The van der Waals surface area contributed by atoms with E-state index in [0.717, 1.165) is 44.0 Å². The van der Waals surface area contributed by atoms with Gasteiger partial charge >= 0.3 is 0 Å². The van der Waals surface area contributed by atoms with E-state index in [1.165, 1.54) is 0 Å². The van der Waals surface area contributed by atoms with Crippen molar-refractivity contribution in [3.8, 4) is 0 Å². The van der Waals surface area contributed by atoms with Crippen LogP contribution in [0.1, 0.15) is 23.3 Å². The van der Waals surface area contributed by atoms with Crippen molar-refractivity contribution in [1.82, 2.24) is 19.4 Å². The molecule has 0 aromatic carbocycles. The predicted molar refractivity (Wildman–Crippen MR) is 98.0 cm³/mol. The molecule has 0 N–H and O–H groups in total. The van der Waals surface area contributed by atoms with E-state index in [1.807, 2.05) is 34.8 Å². The molecule has 0 unspecified atom stereocenters. The summed E-state index contributed by atoms with van der Waals surface area (Å²) >= 11 is 0. The summed E-state index contributed by atoms with van der Waals surface area (Å²) < 4.78 is 7.84. The Balaban J connectivity index is 1.54. The molecule has 1 spiro atoms. The largest absolute Gasteiger partial charge is 0.379 e. The Labute approximate surface area is 153 Å². The lowest BCUT2D eigenvalue weighted by Crippen LogP contribution is -2.52. The average molecular weight is 355 g/mol. The molecule has 4 rings (SSSR count). The average Bonchev–Trinajstić information content (AvgIpc) is 3.00. The number of hydrogen-bond donors (Lipinski definition) is 0. The molecule has 2 aliphatic rings. The van der Waals surface area contributed by atoms with Crippen molar-refractivity contribution in [2.24, 2.45) is 12.5 Å². The van der Waals surface area contributed by atoms with Gasteiger partial charge in [-0.15, -0.1) is 0 Å². The van der Waals surface area contributed by atoms with Crippen molar-refractivity contribution in [1.29, 1.82) is 0 Å². The van der Waals surface area contributed by atoms with Gasteiger partial charge in [-0.25, -0.2) is 4.98 Å². The quantitative estimate of drug-likeness (QED) is 0.818. The van der Waals surface area contributed by atoms with Gasteiger partial charge in [0.25, 0.3) is 5.91 Å². The van der Waals surface area contributed by atoms with Crippen LogP contribution in [0.3, 0.4) is 0 Å². The number of piperidine rings is 1. The highest BCUT2D eigenvalue weighted by Crippen LogP contribution is 2.34. The minimum Gasteiger partial charge on any atom is -0.379 e. The minimum atomic E-state index is -0.0624. The second-order valence-electron chi connectivity index (χ2n) is 7.37. The third kappa shape index (κ3) is 3.31. The van der Waals surface area contributed by atoms with Gasteiger partial charge in [-0.05, 0) is 25.0 Å². The van der Waals surface area contributed by atoms with Crippen LogP contribution < -0.4 is 4.90 Å². The van der Waals surface area contributed by atoms with Gasteiger partial charge in [0.2, 0.25) is 0 Å². The number of aryl methyl sites for hydroxylation is 1. The summed E-state index contributed by atoms with van der Waals surface area (Å²) in [6.07, 6.45) is 9.18. The van der Waals surface area contributed by atoms with Crippen molar-refractivity contribution in [3.63, 3.8) is 0 Å². The number of amides is 1. The SMILES string of the molecule is Cn1cccc1C(=O)N1CCC[C@@]2(COCCN(c3cnccn3)C2)C1. The lowest BCUT2D eigenvalue weighted by atomic mass is 9.80. The van der Waals surface area contributed by atoms with E-state index in [4.69, 9.17) is 4.74 Å². The third-order valence-corrected chi connectivity index (χ3v) is 5.43. The summed E-state index contributed by atoms with van der Waals surface area (Å²) in [4.78, 5) is 25.9. The van der Waals surface area contributed by atoms with E-state index >= 15 is 0 Å². The number of hydrogen-bond acceptors (Lipinski definition) is 5. The number of nitrogens with zero attached hydrogens (tertiary/aromatic N) is 5. The van der Waals surface area contributed by atoms with Crippen LogP contribution in [0.4, 0.5) is 5.82 Å². The van der Waals surface area contributed by atoms with Gasteiger partial charge in [-0.2, -0.15) is 0 Å². The molecular weight excluding hydrogens is 330 g/mol. The summed E-state index contributed by atoms with van der Waals surface area (Å²) in [5.74, 6) is 0.982. The predicted octanol–water partition coefficient (Wildman–Crippen LogP) is 1.57. The molecule has 4 heterocycles. The summed E-state index contributed by atoms with van der Waals surface area (Å²) in [5, 5.41) is 0. The van der Waals surface area contributed by atoms with E-state index < -0.39 is 0 Å². The Kier molecular flexibility index (Phi) is 4.63. The molecule has 1 amide bonds. The molecule has 7 heteroatoms. The van der Waals surface area contributed by atoms with E-state index in [0.29, 0.717) is 19.8 Å². The molecule has 2 aromatic rings. The molecule has 26 heavy (non-hydrogen) atoms. The second kappa shape index (κ2) is 7.07. The van der Waals surface area contributed by atoms with Gasteiger partial charge in [-0.3, -0.25) is 9.78 Å². The standard InChI is InChI=1S/C19H25N5O2/c1-22-8-2-4-16(22)18(25)24-9-3-5-19(14-24)13-23(10-11-26-15-19)17-12-20-6-7-21-17/h2,4,6-8,12H,3,5,9-11,13-15H2,1H3/t19-/m0/s1.